The Kier molecular flexibility index (Phi) is 4.91. The van der Waals surface area contributed by atoms with Crippen LogP contribution in [0.3, 0.4) is 0 Å². The molecule has 1 aliphatic carbocycles. The van der Waals surface area contributed by atoms with Gasteiger partial charge in [-0.3, -0.25) is 4.57 Å². The Morgan fingerprint density at radius 2 is 2.00 bits per heavy atom. The molecule has 31 heavy (non-hydrogen) atoms. The number of hydrogen-bond donors (Lipinski definition) is 1. The van der Waals surface area contributed by atoms with Crippen LogP contribution in [0.1, 0.15) is 28.8 Å². The molecule has 1 aliphatic heterocycles. The average Bonchev–Trinajstić information content (AvgIpc) is 3.38. The third-order valence-electron chi connectivity index (χ3n) is 5.78. The number of benzene rings is 2. The van der Waals surface area contributed by atoms with Crippen LogP contribution in [0.15, 0.2) is 72.3 Å². The summed E-state index contributed by atoms with van der Waals surface area (Å²) in [6.07, 6.45) is 10.7. The zero-order chi connectivity index (χ0) is 21.4. The van der Waals surface area contributed by atoms with Crippen LogP contribution in [0.25, 0.3) is 24.2 Å². The summed E-state index contributed by atoms with van der Waals surface area (Å²) in [5.74, 6) is -0.257. The van der Waals surface area contributed by atoms with Crippen LogP contribution in [0, 0.1) is 12.7 Å². The summed E-state index contributed by atoms with van der Waals surface area (Å²) in [7, 11) is 0. The van der Waals surface area contributed by atoms with E-state index in [1.165, 1.54) is 22.8 Å². The van der Waals surface area contributed by atoms with Crippen molar-refractivity contribution in [1.82, 2.24) is 14.9 Å². The highest BCUT2D eigenvalue weighted by Crippen LogP contribution is 2.21. The van der Waals surface area contributed by atoms with Gasteiger partial charge in [0.05, 0.1) is 22.4 Å². The summed E-state index contributed by atoms with van der Waals surface area (Å²) in [5, 5.41) is 4.32. The minimum absolute atomic E-state index is 0.257. The first-order valence-electron chi connectivity index (χ1n) is 10.5. The highest BCUT2D eigenvalue weighted by molar-refractivity contribution is 5.81. The molecule has 154 valence electrons. The van der Waals surface area contributed by atoms with E-state index in [2.05, 4.69) is 61.3 Å². The quantitative estimate of drug-likeness (QED) is 0.688. The Morgan fingerprint density at radius 1 is 1.13 bits per heavy atom. The Morgan fingerprint density at radius 3 is 2.77 bits per heavy atom. The molecular formula is C27H24FN3. The number of fused-ring (bicyclic) bond motifs is 1. The molecule has 0 saturated carbocycles. The second kappa shape index (κ2) is 7.88. The number of hydrogen-bond acceptors (Lipinski definition) is 2. The first-order valence-corrected chi connectivity index (χ1v) is 10.5. The topological polar surface area (TPSA) is 29.9 Å². The van der Waals surface area contributed by atoms with E-state index >= 15 is 0 Å². The first-order chi connectivity index (χ1) is 15.1. The molecule has 0 spiro atoms. The van der Waals surface area contributed by atoms with Gasteiger partial charge < -0.3 is 5.32 Å². The van der Waals surface area contributed by atoms with Crippen LogP contribution >= 0.6 is 0 Å². The van der Waals surface area contributed by atoms with Crippen molar-refractivity contribution in [1.29, 1.82) is 0 Å². The molecule has 3 nitrogen and oxygen atoms in total. The zero-order valence-electron chi connectivity index (χ0n) is 17.5. The van der Waals surface area contributed by atoms with Crippen LogP contribution in [0.4, 0.5) is 4.39 Å². The van der Waals surface area contributed by atoms with E-state index in [-0.39, 0.29) is 5.82 Å². The van der Waals surface area contributed by atoms with Gasteiger partial charge in [0.15, 0.2) is 5.48 Å². The van der Waals surface area contributed by atoms with Gasteiger partial charge in [0.25, 0.3) is 0 Å². The number of aromatic nitrogens is 2. The molecule has 0 radical (unpaired) electrons. The largest absolute Gasteiger partial charge is 0.354 e. The number of aryl methyl sites for hydroxylation is 1. The number of nitrogens with one attached hydrogen (secondary N) is 1. The number of rotatable bonds is 5. The third kappa shape index (κ3) is 3.77. The van der Waals surface area contributed by atoms with Crippen molar-refractivity contribution >= 4 is 24.2 Å². The highest BCUT2D eigenvalue weighted by Gasteiger charge is 2.19. The fourth-order valence-corrected chi connectivity index (χ4v) is 4.19. The number of nitrogens with zero attached hydrogens (tertiary/aromatic N) is 2. The molecule has 0 amide bonds. The zero-order valence-corrected chi connectivity index (χ0v) is 17.5. The van der Waals surface area contributed by atoms with Gasteiger partial charge in [-0.05, 0) is 31.0 Å². The summed E-state index contributed by atoms with van der Waals surface area (Å²) in [6, 6.07) is 15.3. The van der Waals surface area contributed by atoms with Crippen molar-refractivity contribution < 1.29 is 4.39 Å². The van der Waals surface area contributed by atoms with E-state index in [1.54, 1.807) is 12.1 Å². The van der Waals surface area contributed by atoms with Gasteiger partial charge in [0.2, 0.25) is 0 Å². The number of imidazole rings is 1. The van der Waals surface area contributed by atoms with E-state index in [9.17, 15) is 4.39 Å². The molecular weight excluding hydrogens is 385 g/mol. The molecule has 1 N–H and O–H groups in total. The lowest BCUT2D eigenvalue weighted by Crippen LogP contribution is -2.35. The fraction of sp³-hybridized carbons (Fsp3) is 0.148. The fourth-order valence-electron chi connectivity index (χ4n) is 4.19. The SMILES string of the molecule is C=c1c(CC2=CC=CC2)nc2n1C=C(c1ccccc1F)NC=2Cc1cccc(C)c1. The second-order valence-electron chi connectivity index (χ2n) is 8.12. The van der Waals surface area contributed by atoms with E-state index in [1.807, 2.05) is 16.8 Å². The normalized spacial score (nSPS) is 14.8. The van der Waals surface area contributed by atoms with Gasteiger partial charge in [0.1, 0.15) is 5.82 Å². The van der Waals surface area contributed by atoms with E-state index in [0.29, 0.717) is 17.7 Å². The van der Waals surface area contributed by atoms with E-state index in [4.69, 9.17) is 4.98 Å². The van der Waals surface area contributed by atoms with Crippen molar-refractivity contribution in [3.05, 3.63) is 111 Å². The molecule has 4 heteroatoms. The van der Waals surface area contributed by atoms with E-state index in [0.717, 1.165) is 35.1 Å². The molecule has 0 bridgehead atoms. The van der Waals surface area contributed by atoms with Gasteiger partial charge in [-0.15, -0.1) is 0 Å². The molecule has 0 saturated heterocycles. The van der Waals surface area contributed by atoms with Crippen LogP contribution in [-0.2, 0) is 12.8 Å². The van der Waals surface area contributed by atoms with Crippen LogP contribution < -0.4 is 16.1 Å². The van der Waals surface area contributed by atoms with Crippen molar-refractivity contribution in [2.24, 2.45) is 0 Å². The third-order valence-corrected chi connectivity index (χ3v) is 5.78. The molecule has 2 aliphatic rings. The van der Waals surface area contributed by atoms with Gasteiger partial charge in [-0.25, -0.2) is 9.37 Å². The van der Waals surface area contributed by atoms with Crippen molar-refractivity contribution in [2.75, 3.05) is 0 Å². The van der Waals surface area contributed by atoms with Gasteiger partial charge in [-0.1, -0.05) is 72.3 Å². The molecule has 0 fully saturated rings. The standard InChI is InChI=1S/C27H24FN3/c1-18-8-7-11-21(14-18)16-25-27-30-24(15-20-9-3-4-10-20)19(2)31(27)17-26(29-25)22-12-5-6-13-23(22)28/h3-9,11-14,17,29H,2,10,15-16H2,1H3. The Balaban J connectivity index is 1.63. The Hall–Kier alpha value is -3.66. The lowest BCUT2D eigenvalue weighted by Gasteiger charge is -2.20. The summed E-state index contributed by atoms with van der Waals surface area (Å²) < 4.78 is 16.6. The predicted molar refractivity (Wildman–Crippen MR) is 125 cm³/mol. The maximum absolute atomic E-state index is 14.6. The van der Waals surface area contributed by atoms with Gasteiger partial charge >= 0.3 is 0 Å². The monoisotopic (exact) mass is 409 g/mol. The average molecular weight is 410 g/mol. The lowest BCUT2D eigenvalue weighted by atomic mass is 10.1. The molecule has 3 aromatic rings. The number of allylic oxidation sites excluding steroid dienone is 4. The molecule has 1 aromatic heterocycles. The number of halogens is 1. The smallest absolute Gasteiger partial charge is 0.157 e. The van der Waals surface area contributed by atoms with Crippen LogP contribution in [-0.4, -0.2) is 9.55 Å². The maximum Gasteiger partial charge on any atom is 0.157 e. The second-order valence-corrected chi connectivity index (χ2v) is 8.12. The minimum atomic E-state index is -0.257. The molecule has 2 heterocycles. The molecule has 0 unspecified atom stereocenters. The van der Waals surface area contributed by atoms with Gasteiger partial charge in [-0.2, -0.15) is 0 Å². The lowest BCUT2D eigenvalue weighted by molar-refractivity contribution is 0.623. The van der Waals surface area contributed by atoms with Crippen molar-refractivity contribution in [3.63, 3.8) is 0 Å². The first kappa shape index (κ1) is 19.3. The predicted octanol–water partition coefficient (Wildman–Crippen LogP) is 4.08. The summed E-state index contributed by atoms with van der Waals surface area (Å²) in [6.45, 7) is 6.40. The summed E-state index contributed by atoms with van der Waals surface area (Å²) in [5.41, 5.74) is 7.71. The summed E-state index contributed by atoms with van der Waals surface area (Å²) >= 11 is 0. The van der Waals surface area contributed by atoms with Crippen LogP contribution in [0.2, 0.25) is 0 Å². The maximum atomic E-state index is 14.6. The van der Waals surface area contributed by atoms with E-state index < -0.39 is 0 Å². The highest BCUT2D eigenvalue weighted by atomic mass is 19.1. The van der Waals surface area contributed by atoms with Crippen LogP contribution in [0.5, 0.6) is 0 Å². The Bertz CT molecular complexity index is 1370. The van der Waals surface area contributed by atoms with Crippen molar-refractivity contribution in [3.8, 4) is 0 Å². The molecule has 2 aromatic carbocycles. The molecule has 0 atom stereocenters. The minimum Gasteiger partial charge on any atom is -0.354 e. The van der Waals surface area contributed by atoms with Crippen molar-refractivity contribution in [2.45, 2.75) is 26.2 Å². The Labute approximate surface area is 181 Å². The summed E-state index contributed by atoms with van der Waals surface area (Å²) in [4.78, 5) is 4.96. The molecule has 5 rings (SSSR count). The van der Waals surface area contributed by atoms with Gasteiger partial charge in [0, 0.05) is 24.6 Å².